The smallest absolute Gasteiger partial charge is 0.290 e. The highest BCUT2D eigenvalue weighted by Crippen LogP contribution is 2.34. The lowest BCUT2D eigenvalue weighted by Gasteiger charge is -2.39. The number of carboxylic acid groups (broad SMARTS) is 1. The van der Waals surface area contributed by atoms with Crippen LogP contribution in [0.1, 0.15) is 32.1 Å². The molecule has 1 aliphatic heterocycles. The Labute approximate surface area is 206 Å². The summed E-state index contributed by atoms with van der Waals surface area (Å²) in [5, 5.41) is 21.4. The van der Waals surface area contributed by atoms with Crippen molar-refractivity contribution in [3.63, 3.8) is 0 Å². The number of aromatic nitrogens is 1. The number of benzene rings is 1. The van der Waals surface area contributed by atoms with Gasteiger partial charge < -0.3 is 10.4 Å². The summed E-state index contributed by atoms with van der Waals surface area (Å²) in [4.78, 5) is 14.0. The first-order valence-electron chi connectivity index (χ1n) is 10.7. The van der Waals surface area contributed by atoms with Gasteiger partial charge in [0.05, 0.1) is 22.7 Å². The third-order valence-corrected chi connectivity index (χ3v) is 8.39. The Morgan fingerprint density at radius 2 is 2.06 bits per heavy atom. The van der Waals surface area contributed by atoms with Crippen LogP contribution in [0.15, 0.2) is 28.6 Å². The second kappa shape index (κ2) is 11.8. The summed E-state index contributed by atoms with van der Waals surface area (Å²) in [5.41, 5.74) is 0.375. The minimum absolute atomic E-state index is 0.0541. The lowest BCUT2D eigenvalue weighted by atomic mass is 9.89. The van der Waals surface area contributed by atoms with E-state index in [4.69, 9.17) is 21.5 Å². The van der Waals surface area contributed by atoms with Gasteiger partial charge in [-0.2, -0.15) is 5.26 Å². The van der Waals surface area contributed by atoms with Crippen molar-refractivity contribution >= 4 is 50.3 Å². The van der Waals surface area contributed by atoms with E-state index in [1.165, 1.54) is 6.20 Å². The number of nitrogens with zero attached hydrogens (tertiary/aromatic N) is 3. The van der Waals surface area contributed by atoms with Gasteiger partial charge in [-0.3, -0.25) is 14.4 Å². The molecule has 0 radical (unpaired) electrons. The number of halogens is 2. The van der Waals surface area contributed by atoms with Crippen molar-refractivity contribution in [3.8, 4) is 6.07 Å². The molecule has 0 amide bonds. The van der Waals surface area contributed by atoms with Crippen molar-refractivity contribution in [1.82, 2.24) is 9.88 Å². The molecule has 13 heteroatoms. The van der Waals surface area contributed by atoms with E-state index in [9.17, 15) is 18.1 Å². The molecular weight excluding hydrogens is 505 g/mol. The minimum atomic E-state index is -4.15. The maximum Gasteiger partial charge on any atom is 0.290 e. The lowest BCUT2D eigenvalue weighted by Crippen LogP contribution is -2.48. The van der Waals surface area contributed by atoms with Crippen LogP contribution in [-0.4, -0.2) is 55.1 Å². The number of hydrogen-bond donors (Lipinski definition) is 3. The Bertz CT molecular complexity index is 1130. The zero-order valence-corrected chi connectivity index (χ0v) is 20.5. The van der Waals surface area contributed by atoms with Gasteiger partial charge in [-0.1, -0.05) is 24.4 Å². The van der Waals surface area contributed by atoms with Crippen LogP contribution >= 0.6 is 22.9 Å². The topological polar surface area (TPSA) is 135 Å². The predicted molar refractivity (Wildman–Crippen MR) is 128 cm³/mol. The standard InChI is InChI=1S/C20H23ClFN5O2S2.CH2O2/c21-14-9-19(31(28,29)26-20-24-6-8-30-20)15(22)10-17(14)25-16-3-1-2-4-18(16)27-7-5-13(11-23)12-27;2-1-3/h6,8-10,13,16,18,25H,1-5,7,12H2,(H,24,26);1H,(H,2,3)/t13-,16+,18+;/m1./s1. The minimum Gasteiger partial charge on any atom is -0.483 e. The van der Waals surface area contributed by atoms with E-state index < -0.39 is 20.7 Å². The van der Waals surface area contributed by atoms with Crippen LogP contribution < -0.4 is 10.0 Å². The Hall–Kier alpha value is -2.46. The lowest BCUT2D eigenvalue weighted by molar-refractivity contribution is -0.122. The summed E-state index contributed by atoms with van der Waals surface area (Å²) < 4.78 is 42.2. The molecule has 2 heterocycles. The van der Waals surface area contributed by atoms with Gasteiger partial charge in [0.25, 0.3) is 16.5 Å². The van der Waals surface area contributed by atoms with Crippen LogP contribution in [0.5, 0.6) is 0 Å². The highest BCUT2D eigenvalue weighted by Gasteiger charge is 2.35. The number of sulfonamides is 1. The molecule has 2 fully saturated rings. The maximum absolute atomic E-state index is 14.8. The number of carbonyl (C=O) groups is 1. The predicted octanol–water partition coefficient (Wildman–Crippen LogP) is 4.01. The molecular formula is C21H25ClFN5O4S2. The second-order valence-corrected chi connectivity index (χ2v) is 11.0. The molecule has 184 valence electrons. The largest absolute Gasteiger partial charge is 0.483 e. The monoisotopic (exact) mass is 529 g/mol. The molecule has 1 saturated heterocycles. The van der Waals surface area contributed by atoms with Gasteiger partial charge in [0.1, 0.15) is 10.7 Å². The molecule has 0 unspecified atom stereocenters. The van der Waals surface area contributed by atoms with Gasteiger partial charge in [-0.25, -0.2) is 17.8 Å². The number of rotatable bonds is 6. The number of hydrogen-bond acceptors (Lipinski definition) is 8. The zero-order chi connectivity index (χ0) is 24.7. The Kier molecular flexibility index (Phi) is 9.07. The fourth-order valence-corrected chi connectivity index (χ4v) is 6.56. The average molecular weight is 530 g/mol. The third kappa shape index (κ3) is 6.35. The molecule has 2 aromatic rings. The normalized spacial score (nSPS) is 22.8. The molecule has 4 rings (SSSR count). The number of anilines is 2. The first-order valence-corrected chi connectivity index (χ1v) is 13.4. The van der Waals surface area contributed by atoms with E-state index in [1.807, 2.05) is 0 Å². The molecule has 1 saturated carbocycles. The molecule has 3 N–H and O–H groups in total. The van der Waals surface area contributed by atoms with Crippen LogP contribution in [-0.2, 0) is 14.8 Å². The van der Waals surface area contributed by atoms with E-state index in [0.717, 1.165) is 68.7 Å². The second-order valence-electron chi connectivity index (χ2n) is 8.02. The summed E-state index contributed by atoms with van der Waals surface area (Å²) in [5.74, 6) is -0.826. The van der Waals surface area contributed by atoms with E-state index in [-0.39, 0.29) is 34.6 Å². The Morgan fingerprint density at radius 3 is 2.71 bits per heavy atom. The molecule has 1 aliphatic carbocycles. The quantitative estimate of drug-likeness (QED) is 0.478. The van der Waals surface area contributed by atoms with E-state index >= 15 is 0 Å². The number of likely N-dealkylation sites (tertiary alicyclic amines) is 1. The van der Waals surface area contributed by atoms with Gasteiger partial charge >= 0.3 is 0 Å². The van der Waals surface area contributed by atoms with Gasteiger partial charge in [-0.05, 0) is 37.9 Å². The van der Waals surface area contributed by atoms with Crippen LogP contribution in [0.2, 0.25) is 5.02 Å². The molecule has 3 atom stereocenters. The van der Waals surface area contributed by atoms with Crippen molar-refractivity contribution in [1.29, 1.82) is 5.26 Å². The first kappa shape index (κ1) is 26.2. The molecule has 1 aromatic carbocycles. The highest BCUT2D eigenvalue weighted by molar-refractivity contribution is 7.93. The molecule has 0 spiro atoms. The summed E-state index contributed by atoms with van der Waals surface area (Å²) in [7, 11) is -4.15. The van der Waals surface area contributed by atoms with E-state index in [2.05, 4.69) is 26.0 Å². The van der Waals surface area contributed by atoms with Crippen molar-refractivity contribution < 1.29 is 22.7 Å². The van der Waals surface area contributed by atoms with Crippen molar-refractivity contribution in [2.24, 2.45) is 5.92 Å². The number of thiazole rings is 1. The maximum atomic E-state index is 14.8. The summed E-state index contributed by atoms with van der Waals surface area (Å²) in [6.07, 6.45) is 6.39. The summed E-state index contributed by atoms with van der Waals surface area (Å²) >= 11 is 7.47. The fourth-order valence-electron chi connectivity index (χ4n) is 4.40. The van der Waals surface area contributed by atoms with Crippen LogP contribution in [0, 0.1) is 23.1 Å². The van der Waals surface area contributed by atoms with Crippen LogP contribution in [0.25, 0.3) is 0 Å². The zero-order valence-electron chi connectivity index (χ0n) is 18.2. The van der Waals surface area contributed by atoms with Crippen LogP contribution in [0.3, 0.4) is 0 Å². The van der Waals surface area contributed by atoms with E-state index in [0.29, 0.717) is 5.69 Å². The molecule has 34 heavy (non-hydrogen) atoms. The molecule has 1 aromatic heterocycles. The van der Waals surface area contributed by atoms with E-state index in [1.54, 1.807) is 5.38 Å². The molecule has 0 bridgehead atoms. The van der Waals surface area contributed by atoms with Gasteiger partial charge in [-0.15, -0.1) is 11.3 Å². The van der Waals surface area contributed by atoms with Gasteiger partial charge in [0.15, 0.2) is 5.13 Å². The SMILES string of the molecule is N#C[C@H]1CCN([C@H]2CCCC[C@@H]2Nc2cc(F)c(S(=O)(=O)Nc3nccs3)cc2Cl)C1.O=CO. The highest BCUT2D eigenvalue weighted by atomic mass is 35.5. The Morgan fingerprint density at radius 1 is 1.32 bits per heavy atom. The summed E-state index contributed by atoms with van der Waals surface area (Å²) in [6, 6.07) is 4.92. The van der Waals surface area contributed by atoms with Crippen molar-refractivity contribution in [2.45, 2.75) is 49.1 Å². The van der Waals surface area contributed by atoms with Gasteiger partial charge in [0, 0.05) is 30.2 Å². The van der Waals surface area contributed by atoms with Gasteiger partial charge in [0.2, 0.25) is 0 Å². The first-order chi connectivity index (χ1) is 16.3. The van der Waals surface area contributed by atoms with Crippen LogP contribution in [0.4, 0.5) is 15.2 Å². The summed E-state index contributed by atoms with van der Waals surface area (Å²) in [6.45, 7) is 1.38. The van der Waals surface area contributed by atoms with Crippen molar-refractivity contribution in [2.75, 3.05) is 23.1 Å². The number of nitriles is 1. The molecule has 9 nitrogen and oxygen atoms in total. The fraction of sp³-hybridized carbons (Fsp3) is 0.476. The van der Waals surface area contributed by atoms with Crippen molar-refractivity contribution in [3.05, 3.63) is 34.5 Å². The molecule has 2 aliphatic rings. The average Bonchev–Trinajstić information content (AvgIpc) is 3.48. The Balaban J connectivity index is 0.00000103. The number of nitrogens with one attached hydrogen (secondary N) is 2. The third-order valence-electron chi connectivity index (χ3n) is 5.91.